The molecule has 0 aromatic heterocycles. The summed E-state index contributed by atoms with van der Waals surface area (Å²) in [4.78, 5) is 0. The molecule has 0 aliphatic heterocycles. The third kappa shape index (κ3) is 32.0. The van der Waals surface area contributed by atoms with E-state index in [0.29, 0.717) is 26.4 Å². The van der Waals surface area contributed by atoms with Gasteiger partial charge in [0, 0.05) is 26.4 Å². The molecule has 25 heavy (non-hydrogen) atoms. The molecule has 0 N–H and O–H groups in total. The maximum absolute atomic E-state index is 5.33. The Morgan fingerprint density at radius 3 is 0.880 bits per heavy atom. The molecule has 0 unspecified atom stereocenters. The van der Waals surface area contributed by atoms with Crippen LogP contribution in [0.5, 0.6) is 0 Å². The van der Waals surface area contributed by atoms with E-state index in [4.69, 9.17) is 23.7 Å². The van der Waals surface area contributed by atoms with Crippen LogP contribution in [-0.2, 0) is 23.7 Å². The average Bonchev–Trinajstić information content (AvgIpc) is 2.63. The maximum atomic E-state index is 5.33. The lowest BCUT2D eigenvalue weighted by Gasteiger charge is -2.05. The van der Waals surface area contributed by atoms with Gasteiger partial charge in [-0.2, -0.15) is 0 Å². The van der Waals surface area contributed by atoms with Crippen LogP contribution in [0.15, 0.2) is 0 Å². The zero-order valence-electron chi connectivity index (χ0n) is 17.4. The molecule has 0 atom stereocenters. The fraction of sp³-hybridized carbons (Fsp3) is 1.00. The quantitative estimate of drug-likeness (QED) is 0.316. The van der Waals surface area contributed by atoms with Gasteiger partial charge >= 0.3 is 0 Å². The van der Waals surface area contributed by atoms with Gasteiger partial charge in [0.25, 0.3) is 0 Å². The molecule has 0 bridgehead atoms. The van der Waals surface area contributed by atoms with E-state index in [1.54, 1.807) is 0 Å². The predicted octanol–water partition coefficient (Wildman–Crippen LogP) is 4.48. The second kappa shape index (κ2) is 28.6. The van der Waals surface area contributed by atoms with Crippen molar-refractivity contribution < 1.29 is 23.7 Å². The van der Waals surface area contributed by atoms with Gasteiger partial charge in [-0.05, 0) is 25.7 Å². The van der Waals surface area contributed by atoms with E-state index in [-0.39, 0.29) is 0 Å². The Labute approximate surface area is 156 Å². The zero-order valence-corrected chi connectivity index (χ0v) is 17.4. The van der Waals surface area contributed by atoms with Crippen molar-refractivity contribution in [2.45, 2.75) is 66.2 Å². The van der Waals surface area contributed by atoms with Crippen LogP contribution in [0.25, 0.3) is 0 Å². The minimum absolute atomic E-state index is 0.676. The normalized spacial score (nSPS) is 10.6. The van der Waals surface area contributed by atoms with E-state index in [1.165, 1.54) is 12.8 Å². The summed E-state index contributed by atoms with van der Waals surface area (Å²) in [6, 6.07) is 0. The molecule has 0 saturated heterocycles. The monoisotopic (exact) mass is 364 g/mol. The fourth-order valence-electron chi connectivity index (χ4n) is 1.65. The second-order valence-corrected chi connectivity index (χ2v) is 5.77. The molecule has 154 valence electrons. The minimum atomic E-state index is 0.676. The van der Waals surface area contributed by atoms with Gasteiger partial charge < -0.3 is 23.7 Å². The highest BCUT2D eigenvalue weighted by Crippen LogP contribution is 1.90. The second-order valence-electron chi connectivity index (χ2n) is 5.77. The van der Waals surface area contributed by atoms with E-state index in [1.807, 2.05) is 0 Å². The molecular formula is C20H44O5. The van der Waals surface area contributed by atoms with Gasteiger partial charge in [-0.1, -0.05) is 40.5 Å². The van der Waals surface area contributed by atoms with Crippen molar-refractivity contribution in [1.29, 1.82) is 0 Å². The summed E-state index contributed by atoms with van der Waals surface area (Å²) in [5, 5.41) is 0. The van der Waals surface area contributed by atoms with Gasteiger partial charge in [0.2, 0.25) is 0 Å². The first-order chi connectivity index (χ1) is 12.3. The molecule has 0 aliphatic carbocycles. The lowest BCUT2D eigenvalue weighted by atomic mass is 10.4. The predicted molar refractivity (Wildman–Crippen MR) is 104 cm³/mol. The summed E-state index contributed by atoms with van der Waals surface area (Å²) < 4.78 is 26.4. The summed E-state index contributed by atoms with van der Waals surface area (Å²) >= 11 is 0. The first kappa shape index (κ1) is 27.0. The van der Waals surface area contributed by atoms with Crippen molar-refractivity contribution in [2.75, 3.05) is 66.1 Å². The Morgan fingerprint density at radius 2 is 0.600 bits per heavy atom. The molecule has 0 rings (SSSR count). The number of rotatable bonds is 19. The van der Waals surface area contributed by atoms with Crippen LogP contribution in [0.1, 0.15) is 66.2 Å². The lowest BCUT2D eigenvalue weighted by Crippen LogP contribution is -2.09. The first-order valence-corrected chi connectivity index (χ1v) is 10.2. The van der Waals surface area contributed by atoms with Crippen LogP contribution < -0.4 is 0 Å². The van der Waals surface area contributed by atoms with Crippen LogP contribution >= 0.6 is 0 Å². The topological polar surface area (TPSA) is 46.2 Å². The SMILES string of the molecule is CCCCOCCOCCCC.CCCOCCOCCOCCC. The summed E-state index contributed by atoms with van der Waals surface area (Å²) in [5.41, 5.74) is 0. The standard InChI is InChI=1S/C10H22O3.C10H22O2/c1-3-5-11-7-9-13-10-8-12-6-4-2;1-3-5-7-11-9-10-12-8-6-4-2/h3-10H2,1-2H3;3-10H2,1-2H3. The Kier molecular flexibility index (Phi) is 30.9. The summed E-state index contributed by atoms with van der Waals surface area (Å²) in [6.45, 7) is 16.2. The van der Waals surface area contributed by atoms with Gasteiger partial charge in [0.1, 0.15) is 0 Å². The summed E-state index contributed by atoms with van der Waals surface area (Å²) in [6.07, 6.45) is 6.87. The number of ether oxygens (including phenoxy) is 5. The van der Waals surface area contributed by atoms with Crippen molar-refractivity contribution in [1.82, 2.24) is 0 Å². The Balaban J connectivity index is 0. The molecule has 0 fully saturated rings. The van der Waals surface area contributed by atoms with E-state index < -0.39 is 0 Å². The Morgan fingerprint density at radius 1 is 0.320 bits per heavy atom. The molecule has 5 nitrogen and oxygen atoms in total. The molecular weight excluding hydrogens is 320 g/mol. The van der Waals surface area contributed by atoms with Gasteiger partial charge in [0.15, 0.2) is 0 Å². The number of hydrogen-bond acceptors (Lipinski definition) is 5. The van der Waals surface area contributed by atoms with Crippen LogP contribution in [-0.4, -0.2) is 66.1 Å². The smallest absolute Gasteiger partial charge is 0.0701 e. The third-order valence-electron chi connectivity index (χ3n) is 3.10. The van der Waals surface area contributed by atoms with Crippen molar-refractivity contribution in [2.24, 2.45) is 0 Å². The molecule has 0 aromatic rings. The van der Waals surface area contributed by atoms with Crippen molar-refractivity contribution in [3.63, 3.8) is 0 Å². The summed E-state index contributed by atoms with van der Waals surface area (Å²) in [7, 11) is 0. The Bertz CT molecular complexity index is 183. The van der Waals surface area contributed by atoms with Gasteiger partial charge in [-0.15, -0.1) is 0 Å². The number of unbranched alkanes of at least 4 members (excludes halogenated alkanes) is 2. The molecule has 0 spiro atoms. The summed E-state index contributed by atoms with van der Waals surface area (Å²) in [5.74, 6) is 0. The maximum Gasteiger partial charge on any atom is 0.0701 e. The van der Waals surface area contributed by atoms with Crippen LogP contribution in [0.3, 0.4) is 0 Å². The van der Waals surface area contributed by atoms with Crippen molar-refractivity contribution in [3.05, 3.63) is 0 Å². The lowest BCUT2D eigenvalue weighted by molar-refractivity contribution is 0.0148. The molecule has 0 amide bonds. The van der Waals surface area contributed by atoms with Crippen molar-refractivity contribution >= 4 is 0 Å². The van der Waals surface area contributed by atoms with E-state index >= 15 is 0 Å². The van der Waals surface area contributed by atoms with Crippen LogP contribution in [0.2, 0.25) is 0 Å². The molecule has 0 heterocycles. The Hall–Kier alpha value is -0.200. The van der Waals surface area contributed by atoms with E-state index in [0.717, 1.165) is 65.3 Å². The van der Waals surface area contributed by atoms with E-state index in [9.17, 15) is 0 Å². The van der Waals surface area contributed by atoms with E-state index in [2.05, 4.69) is 27.7 Å². The van der Waals surface area contributed by atoms with Gasteiger partial charge in [0.05, 0.1) is 39.6 Å². The first-order valence-electron chi connectivity index (χ1n) is 10.2. The van der Waals surface area contributed by atoms with Gasteiger partial charge in [-0.25, -0.2) is 0 Å². The number of hydrogen-bond donors (Lipinski definition) is 0. The average molecular weight is 365 g/mol. The largest absolute Gasteiger partial charge is 0.379 e. The van der Waals surface area contributed by atoms with Crippen LogP contribution in [0.4, 0.5) is 0 Å². The van der Waals surface area contributed by atoms with Gasteiger partial charge in [-0.3, -0.25) is 0 Å². The third-order valence-corrected chi connectivity index (χ3v) is 3.10. The molecule has 0 aromatic carbocycles. The molecule has 0 radical (unpaired) electrons. The molecule has 0 aliphatic rings. The molecule has 0 saturated carbocycles. The minimum Gasteiger partial charge on any atom is -0.379 e. The highest BCUT2D eigenvalue weighted by atomic mass is 16.5. The highest BCUT2D eigenvalue weighted by molar-refractivity contribution is 4.35. The molecule has 5 heteroatoms. The van der Waals surface area contributed by atoms with Crippen molar-refractivity contribution in [3.8, 4) is 0 Å². The van der Waals surface area contributed by atoms with Crippen LogP contribution in [0, 0.1) is 0 Å². The fourth-order valence-corrected chi connectivity index (χ4v) is 1.65. The highest BCUT2D eigenvalue weighted by Gasteiger charge is 1.90. The zero-order chi connectivity index (χ0) is 18.8.